The Labute approximate surface area is 95.7 Å². The molecule has 0 aliphatic carbocycles. The van der Waals surface area contributed by atoms with Gasteiger partial charge >= 0.3 is 0 Å². The Bertz CT molecular complexity index is 413. The maximum absolute atomic E-state index is 9.82. The molecule has 0 aliphatic heterocycles. The number of rotatable bonds is 4. The Balaban J connectivity index is 1.92. The van der Waals surface area contributed by atoms with Crippen molar-refractivity contribution < 1.29 is 5.21 Å². The second kappa shape index (κ2) is 5.33. The van der Waals surface area contributed by atoms with Gasteiger partial charge in [0.2, 0.25) is 0 Å². The van der Waals surface area contributed by atoms with Gasteiger partial charge in [-0.05, 0) is 24.1 Å². The van der Waals surface area contributed by atoms with Crippen LogP contribution in [0.3, 0.4) is 0 Å². The fourth-order valence-electron chi connectivity index (χ4n) is 1.61. The molecule has 1 N–H and O–H groups in total. The highest BCUT2D eigenvalue weighted by Gasteiger charge is 2.01. The number of anilines is 1. The topological polar surface area (TPSA) is 23.5 Å². The zero-order chi connectivity index (χ0) is 11.2. The van der Waals surface area contributed by atoms with Crippen molar-refractivity contribution in [3.63, 3.8) is 0 Å². The zero-order valence-electron chi connectivity index (χ0n) is 9.08. The summed E-state index contributed by atoms with van der Waals surface area (Å²) in [5.74, 6) is 0. The van der Waals surface area contributed by atoms with E-state index in [0.29, 0.717) is 6.54 Å². The summed E-state index contributed by atoms with van der Waals surface area (Å²) >= 11 is 0. The average Bonchev–Trinajstić information content (AvgIpc) is 2.38. The predicted octanol–water partition coefficient (Wildman–Crippen LogP) is 3.12. The number of benzene rings is 2. The van der Waals surface area contributed by atoms with Crippen LogP contribution in [0.2, 0.25) is 0 Å². The van der Waals surface area contributed by atoms with Crippen LogP contribution < -0.4 is 5.06 Å². The average molecular weight is 213 g/mol. The van der Waals surface area contributed by atoms with E-state index in [1.165, 1.54) is 10.6 Å². The van der Waals surface area contributed by atoms with E-state index >= 15 is 0 Å². The highest BCUT2D eigenvalue weighted by molar-refractivity contribution is 5.42. The third-order valence-electron chi connectivity index (χ3n) is 2.51. The first-order chi connectivity index (χ1) is 7.86. The van der Waals surface area contributed by atoms with Crippen LogP contribution in [0.15, 0.2) is 60.7 Å². The third kappa shape index (κ3) is 2.84. The number of nitrogens with zero attached hydrogens (tertiary/aromatic N) is 1. The predicted molar refractivity (Wildman–Crippen MR) is 65.7 cm³/mol. The summed E-state index contributed by atoms with van der Waals surface area (Å²) in [5, 5.41) is 11.1. The van der Waals surface area contributed by atoms with Crippen LogP contribution in [0.25, 0.3) is 0 Å². The molecule has 0 radical (unpaired) electrons. The molecule has 2 aromatic rings. The second-order valence-electron chi connectivity index (χ2n) is 3.69. The Morgan fingerprint density at radius 3 is 2.00 bits per heavy atom. The SMILES string of the molecule is ON(CCc1ccccc1)c1ccccc1. The molecule has 82 valence electrons. The van der Waals surface area contributed by atoms with Gasteiger partial charge in [-0.1, -0.05) is 48.5 Å². The van der Waals surface area contributed by atoms with Crippen LogP contribution in [-0.4, -0.2) is 11.8 Å². The molecule has 0 fully saturated rings. The minimum atomic E-state index is 0.605. The molecule has 2 aromatic carbocycles. The molecule has 0 saturated heterocycles. The fraction of sp³-hybridized carbons (Fsp3) is 0.143. The van der Waals surface area contributed by atoms with Crippen molar-refractivity contribution in [3.05, 3.63) is 66.2 Å². The van der Waals surface area contributed by atoms with Crippen LogP contribution in [0.1, 0.15) is 5.56 Å². The van der Waals surface area contributed by atoms with Gasteiger partial charge < -0.3 is 0 Å². The maximum atomic E-state index is 9.82. The summed E-state index contributed by atoms with van der Waals surface area (Å²) < 4.78 is 0. The number of para-hydroxylation sites is 1. The van der Waals surface area contributed by atoms with Crippen LogP contribution in [0, 0.1) is 0 Å². The molecule has 0 aliphatic rings. The van der Waals surface area contributed by atoms with Gasteiger partial charge in [0.05, 0.1) is 5.69 Å². The van der Waals surface area contributed by atoms with E-state index in [1.807, 2.05) is 48.5 Å². The first-order valence-electron chi connectivity index (χ1n) is 5.41. The molecular weight excluding hydrogens is 198 g/mol. The molecule has 0 unspecified atom stereocenters. The van der Waals surface area contributed by atoms with Crippen LogP contribution >= 0.6 is 0 Å². The summed E-state index contributed by atoms with van der Waals surface area (Å²) in [4.78, 5) is 0. The van der Waals surface area contributed by atoms with E-state index in [-0.39, 0.29) is 0 Å². The minimum Gasteiger partial charge on any atom is -0.288 e. The standard InChI is InChI=1S/C14H15NO/c16-15(14-9-5-2-6-10-14)12-11-13-7-3-1-4-8-13/h1-10,16H,11-12H2. The van der Waals surface area contributed by atoms with E-state index in [0.717, 1.165) is 12.1 Å². The Kier molecular flexibility index (Phi) is 3.57. The van der Waals surface area contributed by atoms with Gasteiger partial charge in [0, 0.05) is 6.54 Å². The van der Waals surface area contributed by atoms with Crippen molar-refractivity contribution >= 4 is 5.69 Å². The van der Waals surface area contributed by atoms with E-state index in [4.69, 9.17) is 0 Å². The quantitative estimate of drug-likeness (QED) is 0.789. The summed E-state index contributed by atoms with van der Waals surface area (Å²) in [5.41, 5.74) is 2.07. The summed E-state index contributed by atoms with van der Waals surface area (Å²) in [6.45, 7) is 0.605. The summed E-state index contributed by atoms with van der Waals surface area (Å²) in [6, 6.07) is 19.7. The molecular formula is C14H15NO. The largest absolute Gasteiger partial charge is 0.288 e. The van der Waals surface area contributed by atoms with Crippen molar-refractivity contribution in [1.82, 2.24) is 0 Å². The molecule has 0 atom stereocenters. The first kappa shape index (κ1) is 10.7. The smallest absolute Gasteiger partial charge is 0.0634 e. The normalized spacial score (nSPS) is 10.1. The van der Waals surface area contributed by atoms with Crippen LogP contribution in [0.4, 0.5) is 5.69 Å². The molecule has 0 heterocycles. The molecule has 0 bridgehead atoms. The Morgan fingerprint density at radius 1 is 0.812 bits per heavy atom. The van der Waals surface area contributed by atoms with E-state index in [1.54, 1.807) is 0 Å². The first-order valence-corrected chi connectivity index (χ1v) is 5.41. The fourth-order valence-corrected chi connectivity index (χ4v) is 1.61. The van der Waals surface area contributed by atoms with Crippen molar-refractivity contribution in [1.29, 1.82) is 0 Å². The summed E-state index contributed by atoms with van der Waals surface area (Å²) in [6.07, 6.45) is 0.840. The lowest BCUT2D eigenvalue weighted by molar-refractivity contribution is 0.255. The third-order valence-corrected chi connectivity index (χ3v) is 2.51. The van der Waals surface area contributed by atoms with Gasteiger partial charge in [-0.25, -0.2) is 0 Å². The molecule has 2 heteroatoms. The van der Waals surface area contributed by atoms with E-state index < -0.39 is 0 Å². The van der Waals surface area contributed by atoms with Crippen molar-refractivity contribution in [2.45, 2.75) is 6.42 Å². The Morgan fingerprint density at radius 2 is 1.38 bits per heavy atom. The lowest BCUT2D eigenvalue weighted by Gasteiger charge is -2.16. The molecule has 0 aromatic heterocycles. The van der Waals surface area contributed by atoms with Crippen molar-refractivity contribution in [3.8, 4) is 0 Å². The lowest BCUT2D eigenvalue weighted by Crippen LogP contribution is -2.20. The Hall–Kier alpha value is -1.80. The van der Waals surface area contributed by atoms with E-state index in [2.05, 4.69) is 12.1 Å². The van der Waals surface area contributed by atoms with Crippen molar-refractivity contribution in [2.75, 3.05) is 11.6 Å². The van der Waals surface area contributed by atoms with E-state index in [9.17, 15) is 5.21 Å². The lowest BCUT2D eigenvalue weighted by atomic mass is 10.1. The van der Waals surface area contributed by atoms with Crippen molar-refractivity contribution in [2.24, 2.45) is 0 Å². The monoisotopic (exact) mass is 213 g/mol. The molecule has 0 saturated carbocycles. The van der Waals surface area contributed by atoms with Crippen LogP contribution in [0.5, 0.6) is 0 Å². The summed E-state index contributed by atoms with van der Waals surface area (Å²) in [7, 11) is 0. The molecule has 0 spiro atoms. The maximum Gasteiger partial charge on any atom is 0.0634 e. The molecule has 0 amide bonds. The zero-order valence-corrected chi connectivity index (χ0v) is 9.08. The van der Waals surface area contributed by atoms with Gasteiger partial charge in [-0.15, -0.1) is 0 Å². The van der Waals surface area contributed by atoms with Gasteiger partial charge in [-0.3, -0.25) is 10.3 Å². The highest BCUT2D eigenvalue weighted by atomic mass is 16.5. The number of hydrogen-bond donors (Lipinski definition) is 1. The minimum absolute atomic E-state index is 0.605. The van der Waals surface area contributed by atoms with Gasteiger partial charge in [0.15, 0.2) is 0 Å². The van der Waals surface area contributed by atoms with Crippen LogP contribution in [-0.2, 0) is 6.42 Å². The molecule has 2 rings (SSSR count). The van der Waals surface area contributed by atoms with Gasteiger partial charge in [-0.2, -0.15) is 0 Å². The molecule has 16 heavy (non-hydrogen) atoms. The highest BCUT2D eigenvalue weighted by Crippen LogP contribution is 2.11. The number of hydrogen-bond acceptors (Lipinski definition) is 2. The number of hydroxylamine groups is 1. The molecule has 2 nitrogen and oxygen atoms in total. The van der Waals surface area contributed by atoms with Gasteiger partial charge in [0.25, 0.3) is 0 Å². The second-order valence-corrected chi connectivity index (χ2v) is 3.69. The van der Waals surface area contributed by atoms with Gasteiger partial charge in [0.1, 0.15) is 0 Å².